The first-order valence-corrected chi connectivity index (χ1v) is 7.50. The lowest BCUT2D eigenvalue weighted by Crippen LogP contribution is -2.31. The molecular formula is C11H25NO3S. The molecule has 98 valence electrons. The van der Waals surface area contributed by atoms with E-state index in [2.05, 4.69) is 5.32 Å². The summed E-state index contributed by atoms with van der Waals surface area (Å²) in [5.74, 6) is 0. The Balaban J connectivity index is 3.57. The van der Waals surface area contributed by atoms with E-state index in [4.69, 9.17) is 9.47 Å². The summed E-state index contributed by atoms with van der Waals surface area (Å²) in [6.45, 7) is 8.83. The SMILES string of the molecule is CCOC(CCNCC(C)S(C)=O)OCC. The van der Waals surface area contributed by atoms with E-state index in [1.807, 2.05) is 20.8 Å². The van der Waals surface area contributed by atoms with E-state index in [9.17, 15) is 4.21 Å². The Morgan fingerprint density at radius 3 is 2.25 bits per heavy atom. The highest BCUT2D eigenvalue weighted by Gasteiger charge is 2.08. The predicted octanol–water partition coefficient (Wildman–Crippen LogP) is 1.13. The molecule has 0 aromatic heterocycles. The average Bonchev–Trinajstić information content (AvgIpc) is 2.24. The third kappa shape index (κ3) is 8.21. The fraction of sp³-hybridized carbons (Fsp3) is 1.00. The van der Waals surface area contributed by atoms with Gasteiger partial charge in [0.1, 0.15) is 0 Å². The third-order valence-corrected chi connectivity index (χ3v) is 3.56. The molecule has 2 unspecified atom stereocenters. The van der Waals surface area contributed by atoms with Crippen molar-refractivity contribution in [3.8, 4) is 0 Å². The van der Waals surface area contributed by atoms with Crippen LogP contribution in [0.1, 0.15) is 27.2 Å². The van der Waals surface area contributed by atoms with Crippen LogP contribution < -0.4 is 5.32 Å². The first-order valence-electron chi connectivity index (χ1n) is 5.87. The van der Waals surface area contributed by atoms with Gasteiger partial charge in [0.05, 0.1) is 0 Å². The average molecular weight is 251 g/mol. The van der Waals surface area contributed by atoms with Crippen LogP contribution in [-0.2, 0) is 20.3 Å². The van der Waals surface area contributed by atoms with Gasteiger partial charge in [-0.15, -0.1) is 0 Å². The standard InChI is InChI=1S/C11H25NO3S/c1-5-14-11(15-6-2)7-8-12-9-10(3)16(4)13/h10-12H,5-9H2,1-4H3. The van der Waals surface area contributed by atoms with Crippen molar-refractivity contribution in [1.29, 1.82) is 0 Å². The Morgan fingerprint density at radius 2 is 1.81 bits per heavy atom. The van der Waals surface area contributed by atoms with Gasteiger partial charge in [0.2, 0.25) is 0 Å². The summed E-state index contributed by atoms with van der Waals surface area (Å²) in [5, 5.41) is 3.45. The number of hydrogen-bond donors (Lipinski definition) is 1. The maximum atomic E-state index is 11.1. The van der Waals surface area contributed by atoms with Gasteiger partial charge in [-0.2, -0.15) is 0 Å². The summed E-state index contributed by atoms with van der Waals surface area (Å²) in [7, 11) is -0.756. The summed E-state index contributed by atoms with van der Waals surface area (Å²) >= 11 is 0. The minimum atomic E-state index is -0.756. The first-order chi connectivity index (χ1) is 7.61. The molecule has 1 N–H and O–H groups in total. The molecule has 4 nitrogen and oxygen atoms in total. The van der Waals surface area contributed by atoms with Crippen LogP contribution in [0.25, 0.3) is 0 Å². The van der Waals surface area contributed by atoms with Crippen molar-refractivity contribution >= 4 is 10.8 Å². The molecular weight excluding hydrogens is 226 g/mol. The topological polar surface area (TPSA) is 47.6 Å². The van der Waals surface area contributed by atoms with Crippen molar-refractivity contribution in [3.63, 3.8) is 0 Å². The Morgan fingerprint density at radius 1 is 1.25 bits per heavy atom. The van der Waals surface area contributed by atoms with Crippen LogP contribution in [0, 0.1) is 0 Å². The van der Waals surface area contributed by atoms with Crippen LogP contribution in [0.2, 0.25) is 0 Å². The molecule has 0 amide bonds. The lowest BCUT2D eigenvalue weighted by atomic mass is 10.4. The fourth-order valence-electron chi connectivity index (χ4n) is 1.23. The van der Waals surface area contributed by atoms with E-state index in [0.717, 1.165) is 19.5 Å². The summed E-state index contributed by atoms with van der Waals surface area (Å²) in [6, 6.07) is 0. The maximum Gasteiger partial charge on any atom is 0.158 e. The fourth-order valence-corrected chi connectivity index (χ4v) is 1.58. The van der Waals surface area contributed by atoms with Gasteiger partial charge in [-0.25, -0.2) is 0 Å². The Kier molecular flexibility index (Phi) is 10.2. The van der Waals surface area contributed by atoms with Gasteiger partial charge in [0.25, 0.3) is 0 Å². The Hall–Kier alpha value is 0.0300. The minimum absolute atomic E-state index is 0.120. The quantitative estimate of drug-likeness (QED) is 0.467. The molecule has 0 heterocycles. The van der Waals surface area contributed by atoms with Crippen molar-refractivity contribution in [2.45, 2.75) is 38.7 Å². The van der Waals surface area contributed by atoms with Crippen molar-refractivity contribution < 1.29 is 13.7 Å². The number of ether oxygens (including phenoxy) is 2. The second kappa shape index (κ2) is 10.2. The highest BCUT2D eigenvalue weighted by molar-refractivity contribution is 7.84. The van der Waals surface area contributed by atoms with Gasteiger partial charge in [-0.05, 0) is 27.3 Å². The van der Waals surface area contributed by atoms with Gasteiger partial charge in [0.15, 0.2) is 6.29 Å². The van der Waals surface area contributed by atoms with Gasteiger partial charge < -0.3 is 14.8 Å². The molecule has 0 aliphatic rings. The molecule has 0 spiro atoms. The van der Waals surface area contributed by atoms with Crippen LogP contribution in [-0.4, -0.2) is 48.3 Å². The van der Waals surface area contributed by atoms with E-state index in [-0.39, 0.29) is 11.5 Å². The van der Waals surface area contributed by atoms with Gasteiger partial charge in [0, 0.05) is 48.5 Å². The molecule has 0 fully saturated rings. The Bertz CT molecular complexity index is 184. The van der Waals surface area contributed by atoms with Crippen LogP contribution in [0.15, 0.2) is 0 Å². The van der Waals surface area contributed by atoms with Crippen molar-refractivity contribution in [1.82, 2.24) is 5.32 Å². The lowest BCUT2D eigenvalue weighted by Gasteiger charge is -2.17. The van der Waals surface area contributed by atoms with Crippen LogP contribution in [0.3, 0.4) is 0 Å². The van der Waals surface area contributed by atoms with Crippen molar-refractivity contribution in [2.24, 2.45) is 0 Å². The molecule has 0 aliphatic heterocycles. The number of nitrogens with one attached hydrogen (secondary N) is 1. The zero-order chi connectivity index (χ0) is 12.4. The lowest BCUT2D eigenvalue weighted by molar-refractivity contribution is -0.138. The summed E-state index contributed by atoms with van der Waals surface area (Å²) in [4.78, 5) is 0. The predicted molar refractivity (Wildman–Crippen MR) is 68.1 cm³/mol. The molecule has 0 aromatic carbocycles. The molecule has 0 saturated heterocycles. The first kappa shape index (κ1) is 16.0. The van der Waals surface area contributed by atoms with Crippen LogP contribution in [0.4, 0.5) is 0 Å². The van der Waals surface area contributed by atoms with Crippen molar-refractivity contribution in [2.75, 3.05) is 32.6 Å². The van der Waals surface area contributed by atoms with E-state index in [0.29, 0.717) is 13.2 Å². The van der Waals surface area contributed by atoms with Gasteiger partial charge in [-0.1, -0.05) is 0 Å². The normalized spacial score (nSPS) is 15.3. The second-order valence-electron chi connectivity index (χ2n) is 3.64. The Labute approximate surface area is 102 Å². The molecule has 0 aromatic rings. The monoisotopic (exact) mass is 251 g/mol. The summed E-state index contributed by atoms with van der Waals surface area (Å²) < 4.78 is 21.9. The zero-order valence-corrected chi connectivity index (χ0v) is 11.6. The molecule has 16 heavy (non-hydrogen) atoms. The smallest absolute Gasteiger partial charge is 0.158 e. The maximum absolute atomic E-state index is 11.1. The molecule has 0 radical (unpaired) electrons. The van der Waals surface area contributed by atoms with Gasteiger partial charge >= 0.3 is 0 Å². The summed E-state index contributed by atoms with van der Waals surface area (Å²) in [6.07, 6.45) is 2.44. The largest absolute Gasteiger partial charge is 0.353 e. The summed E-state index contributed by atoms with van der Waals surface area (Å²) in [5.41, 5.74) is 0. The highest BCUT2D eigenvalue weighted by atomic mass is 32.2. The van der Waals surface area contributed by atoms with E-state index in [1.54, 1.807) is 6.26 Å². The second-order valence-corrected chi connectivity index (χ2v) is 5.44. The molecule has 5 heteroatoms. The highest BCUT2D eigenvalue weighted by Crippen LogP contribution is 2.00. The zero-order valence-electron chi connectivity index (χ0n) is 10.8. The third-order valence-electron chi connectivity index (χ3n) is 2.26. The number of rotatable bonds is 10. The van der Waals surface area contributed by atoms with E-state index in [1.165, 1.54) is 0 Å². The van der Waals surface area contributed by atoms with E-state index >= 15 is 0 Å². The van der Waals surface area contributed by atoms with Crippen molar-refractivity contribution in [3.05, 3.63) is 0 Å². The molecule has 0 saturated carbocycles. The molecule has 0 bridgehead atoms. The number of hydrogen-bond acceptors (Lipinski definition) is 4. The van der Waals surface area contributed by atoms with Crippen LogP contribution in [0.5, 0.6) is 0 Å². The van der Waals surface area contributed by atoms with Crippen LogP contribution >= 0.6 is 0 Å². The molecule has 0 aliphatic carbocycles. The minimum Gasteiger partial charge on any atom is -0.353 e. The van der Waals surface area contributed by atoms with E-state index < -0.39 is 10.8 Å². The molecule has 2 atom stereocenters. The van der Waals surface area contributed by atoms with Gasteiger partial charge in [-0.3, -0.25) is 4.21 Å². The molecule has 0 rings (SSSR count).